The van der Waals surface area contributed by atoms with Crippen molar-refractivity contribution in [2.75, 3.05) is 10.3 Å². The van der Waals surface area contributed by atoms with E-state index in [4.69, 9.17) is 5.10 Å². The van der Waals surface area contributed by atoms with Crippen molar-refractivity contribution >= 4 is 34.4 Å². The quantitative estimate of drug-likeness (QED) is 0.221. The molecule has 4 aromatic rings. The number of hydrazone groups is 1. The van der Waals surface area contributed by atoms with E-state index < -0.39 is 27.1 Å². The number of carbonyl (C=O) groups excluding carboxylic acids is 1. The number of benzene rings is 4. The van der Waals surface area contributed by atoms with Gasteiger partial charge in [-0.05, 0) is 42.3 Å². The number of nitro benzene ring substituents is 2. The lowest BCUT2D eigenvalue weighted by Gasteiger charge is -2.24. The lowest BCUT2D eigenvalue weighted by atomic mass is 9.97. The molecule has 0 bridgehead atoms. The van der Waals surface area contributed by atoms with Gasteiger partial charge < -0.3 is 5.32 Å². The minimum atomic E-state index is -0.772. The Morgan fingerprint density at radius 1 is 0.872 bits per heavy atom. The number of nitro groups is 2. The molecule has 5 rings (SSSR count). The van der Waals surface area contributed by atoms with Crippen LogP contribution >= 0.6 is 0 Å². The van der Waals surface area contributed by atoms with Gasteiger partial charge in [0.15, 0.2) is 0 Å². The van der Waals surface area contributed by atoms with Crippen LogP contribution in [0.25, 0.3) is 0 Å². The highest BCUT2D eigenvalue weighted by Crippen LogP contribution is 2.37. The molecule has 4 aromatic carbocycles. The standard InChI is InChI=1S/C29H23N5O5/c1-19-7-9-20(10-8-19)27-18-28(32(31-27)24-5-3-2-4-6-24)21-11-13-23(14-12-21)30-29(35)22-15-25(33(36)37)17-26(16-22)34(38)39/h2-17,28H,18H2,1H3,(H,30,35). The van der Waals surface area contributed by atoms with Crippen molar-refractivity contribution in [3.05, 3.63) is 140 Å². The van der Waals surface area contributed by atoms with E-state index in [1.54, 1.807) is 12.1 Å². The summed E-state index contributed by atoms with van der Waals surface area (Å²) in [6.45, 7) is 2.04. The Hall–Kier alpha value is -5.38. The van der Waals surface area contributed by atoms with E-state index in [0.717, 1.165) is 40.7 Å². The molecule has 0 saturated heterocycles. The van der Waals surface area contributed by atoms with Crippen molar-refractivity contribution < 1.29 is 14.6 Å². The molecule has 1 aliphatic rings. The normalized spacial score (nSPS) is 14.5. The molecule has 1 unspecified atom stereocenters. The van der Waals surface area contributed by atoms with Gasteiger partial charge in [-0.2, -0.15) is 5.10 Å². The Balaban J connectivity index is 1.38. The summed E-state index contributed by atoms with van der Waals surface area (Å²) in [5, 5.41) is 31.9. The molecule has 1 heterocycles. The van der Waals surface area contributed by atoms with E-state index in [-0.39, 0.29) is 11.6 Å². The van der Waals surface area contributed by atoms with Crippen molar-refractivity contribution in [1.29, 1.82) is 0 Å². The summed E-state index contributed by atoms with van der Waals surface area (Å²) in [5.74, 6) is -0.689. The van der Waals surface area contributed by atoms with E-state index in [1.165, 1.54) is 5.56 Å². The molecule has 1 N–H and O–H groups in total. The van der Waals surface area contributed by atoms with E-state index in [9.17, 15) is 25.0 Å². The number of anilines is 2. The number of non-ortho nitro benzene ring substituents is 2. The van der Waals surface area contributed by atoms with E-state index in [0.29, 0.717) is 12.1 Å². The summed E-state index contributed by atoms with van der Waals surface area (Å²) >= 11 is 0. The van der Waals surface area contributed by atoms with Gasteiger partial charge in [0.05, 0.1) is 38.9 Å². The molecule has 0 radical (unpaired) electrons. The molecule has 0 aliphatic carbocycles. The van der Waals surface area contributed by atoms with Crippen LogP contribution in [-0.4, -0.2) is 21.5 Å². The smallest absolute Gasteiger partial charge is 0.277 e. The minimum absolute atomic E-state index is 0.0760. The molecule has 1 atom stereocenters. The second kappa shape index (κ2) is 10.5. The number of nitrogens with one attached hydrogen (secondary N) is 1. The van der Waals surface area contributed by atoms with Crippen LogP contribution in [0.1, 0.15) is 39.5 Å². The first-order valence-corrected chi connectivity index (χ1v) is 12.1. The molecular weight excluding hydrogens is 498 g/mol. The molecule has 0 spiro atoms. The average Bonchev–Trinajstić information content (AvgIpc) is 3.39. The maximum Gasteiger partial charge on any atom is 0.277 e. The lowest BCUT2D eigenvalue weighted by Crippen LogP contribution is -2.18. The third kappa shape index (κ3) is 5.49. The van der Waals surface area contributed by atoms with Gasteiger partial charge in [0, 0.05) is 24.2 Å². The summed E-state index contributed by atoms with van der Waals surface area (Å²) in [7, 11) is 0. The van der Waals surface area contributed by atoms with Gasteiger partial charge >= 0.3 is 0 Å². The van der Waals surface area contributed by atoms with Gasteiger partial charge in [-0.15, -0.1) is 0 Å². The highest BCUT2D eigenvalue weighted by atomic mass is 16.6. The van der Waals surface area contributed by atoms with Gasteiger partial charge in [0.25, 0.3) is 17.3 Å². The van der Waals surface area contributed by atoms with Gasteiger partial charge in [-0.25, -0.2) is 0 Å². The zero-order chi connectivity index (χ0) is 27.5. The van der Waals surface area contributed by atoms with Crippen LogP contribution in [0.4, 0.5) is 22.7 Å². The Morgan fingerprint density at radius 3 is 2.08 bits per heavy atom. The zero-order valence-corrected chi connectivity index (χ0v) is 20.9. The molecule has 0 fully saturated rings. The fourth-order valence-electron chi connectivity index (χ4n) is 4.44. The van der Waals surface area contributed by atoms with Crippen molar-refractivity contribution in [2.24, 2.45) is 5.10 Å². The SMILES string of the molecule is Cc1ccc(C2=NN(c3ccccc3)C(c3ccc(NC(=O)c4cc([N+](=O)[O-])cc([N+](=O)[O-])c4)cc3)C2)cc1. The van der Waals surface area contributed by atoms with Crippen molar-refractivity contribution in [2.45, 2.75) is 19.4 Å². The van der Waals surface area contributed by atoms with Crippen LogP contribution in [0, 0.1) is 27.2 Å². The largest absolute Gasteiger partial charge is 0.322 e. The number of para-hydroxylation sites is 1. The molecule has 10 nitrogen and oxygen atoms in total. The van der Waals surface area contributed by atoms with Crippen LogP contribution in [0.2, 0.25) is 0 Å². The van der Waals surface area contributed by atoms with Crippen LogP contribution in [-0.2, 0) is 0 Å². The molecule has 0 saturated carbocycles. The number of carbonyl (C=O) groups is 1. The number of hydrogen-bond donors (Lipinski definition) is 1. The van der Waals surface area contributed by atoms with Crippen LogP contribution < -0.4 is 10.3 Å². The number of amides is 1. The predicted octanol–water partition coefficient (Wildman–Crippen LogP) is 6.42. The molecule has 1 amide bonds. The highest BCUT2D eigenvalue weighted by Gasteiger charge is 2.30. The van der Waals surface area contributed by atoms with Gasteiger partial charge in [-0.1, -0.05) is 60.2 Å². The zero-order valence-electron chi connectivity index (χ0n) is 20.9. The van der Waals surface area contributed by atoms with Crippen LogP contribution in [0.3, 0.4) is 0 Å². The first-order chi connectivity index (χ1) is 18.8. The Morgan fingerprint density at radius 2 is 1.49 bits per heavy atom. The van der Waals surface area contributed by atoms with Crippen LogP contribution in [0.5, 0.6) is 0 Å². The summed E-state index contributed by atoms with van der Waals surface area (Å²) in [4.78, 5) is 33.6. The molecule has 39 heavy (non-hydrogen) atoms. The third-order valence-electron chi connectivity index (χ3n) is 6.46. The third-order valence-corrected chi connectivity index (χ3v) is 6.46. The summed E-state index contributed by atoms with van der Waals surface area (Å²) in [5.41, 5.74) is 4.33. The summed E-state index contributed by atoms with van der Waals surface area (Å²) < 4.78 is 0. The van der Waals surface area contributed by atoms with Gasteiger partial charge in [0.2, 0.25) is 0 Å². The van der Waals surface area contributed by atoms with Crippen molar-refractivity contribution in [3.63, 3.8) is 0 Å². The van der Waals surface area contributed by atoms with E-state index >= 15 is 0 Å². The molecule has 194 valence electrons. The second-order valence-corrected chi connectivity index (χ2v) is 9.14. The summed E-state index contributed by atoms with van der Waals surface area (Å²) in [6.07, 6.45) is 0.682. The van der Waals surface area contributed by atoms with E-state index in [2.05, 4.69) is 29.6 Å². The fraction of sp³-hybridized carbons (Fsp3) is 0.103. The minimum Gasteiger partial charge on any atom is -0.322 e. The second-order valence-electron chi connectivity index (χ2n) is 9.14. The Bertz CT molecular complexity index is 1550. The summed E-state index contributed by atoms with van der Waals surface area (Å²) in [6, 6.07) is 28.1. The monoisotopic (exact) mass is 521 g/mol. The first-order valence-electron chi connectivity index (χ1n) is 12.1. The highest BCUT2D eigenvalue weighted by molar-refractivity contribution is 6.05. The predicted molar refractivity (Wildman–Crippen MR) is 148 cm³/mol. The number of rotatable bonds is 7. The average molecular weight is 522 g/mol. The Kier molecular flexibility index (Phi) is 6.83. The Labute approximate surface area is 223 Å². The van der Waals surface area contributed by atoms with Gasteiger partial charge in [0.1, 0.15) is 0 Å². The number of nitrogens with zero attached hydrogens (tertiary/aromatic N) is 4. The van der Waals surface area contributed by atoms with Crippen molar-refractivity contribution in [1.82, 2.24) is 0 Å². The fourth-order valence-corrected chi connectivity index (χ4v) is 4.44. The van der Waals surface area contributed by atoms with Gasteiger partial charge in [-0.3, -0.25) is 30.0 Å². The molecule has 10 heteroatoms. The maximum absolute atomic E-state index is 12.8. The van der Waals surface area contributed by atoms with Crippen molar-refractivity contribution in [3.8, 4) is 0 Å². The number of hydrogen-bond acceptors (Lipinski definition) is 7. The molecule has 0 aromatic heterocycles. The molecule has 1 aliphatic heterocycles. The molecular formula is C29H23N5O5. The lowest BCUT2D eigenvalue weighted by molar-refractivity contribution is -0.394. The maximum atomic E-state index is 12.8. The first kappa shape index (κ1) is 25.3. The number of aryl methyl sites for hydroxylation is 1. The van der Waals surface area contributed by atoms with Crippen LogP contribution in [0.15, 0.2) is 102 Å². The topological polar surface area (TPSA) is 131 Å². The van der Waals surface area contributed by atoms with E-state index in [1.807, 2.05) is 54.4 Å².